The average molecular weight is 166 g/mol. The second kappa shape index (κ2) is 3.03. The van der Waals surface area contributed by atoms with Crippen LogP contribution < -0.4 is 11.5 Å². The number of hydrogen-bond acceptors (Lipinski definition) is 3. The van der Waals surface area contributed by atoms with E-state index in [2.05, 4.69) is 0 Å². The quantitative estimate of drug-likeness (QED) is 0.549. The molecule has 1 atom stereocenters. The van der Waals surface area contributed by atoms with Crippen LogP contribution in [-0.2, 0) is 0 Å². The summed E-state index contributed by atoms with van der Waals surface area (Å²) in [4.78, 5) is 0. The molecule has 3 heteroatoms. The van der Waals surface area contributed by atoms with E-state index >= 15 is 0 Å². The summed E-state index contributed by atoms with van der Waals surface area (Å²) < 4.78 is 0. The Kier molecular flexibility index (Phi) is 2.24. The molecule has 1 rings (SSSR count). The number of rotatable bonds is 1. The lowest BCUT2D eigenvalue weighted by Gasteiger charge is -2.11. The molecule has 5 N–H and O–H groups in total. The lowest BCUT2D eigenvalue weighted by molar-refractivity contribution is 0.200. The Balaban J connectivity index is 3.28. The van der Waals surface area contributed by atoms with Crippen LogP contribution in [-0.4, -0.2) is 5.11 Å². The van der Waals surface area contributed by atoms with Crippen LogP contribution in [0.1, 0.15) is 24.2 Å². The zero-order chi connectivity index (χ0) is 9.30. The number of aliphatic hydroxyl groups excluding tert-OH is 1. The largest absolute Gasteiger partial charge is 0.399 e. The summed E-state index contributed by atoms with van der Waals surface area (Å²) in [5, 5.41) is 9.32. The predicted octanol–water partition coefficient (Wildman–Crippen LogP) is 1.21. The third kappa shape index (κ3) is 1.51. The van der Waals surface area contributed by atoms with Gasteiger partial charge < -0.3 is 16.6 Å². The summed E-state index contributed by atoms with van der Waals surface area (Å²) in [6.45, 7) is 3.54. The van der Waals surface area contributed by atoms with Crippen molar-refractivity contribution in [1.29, 1.82) is 0 Å². The van der Waals surface area contributed by atoms with Crippen LogP contribution >= 0.6 is 0 Å². The molecule has 0 aliphatic carbocycles. The maximum absolute atomic E-state index is 9.32. The Bertz CT molecular complexity index is 295. The molecule has 1 aromatic carbocycles. The number of aliphatic hydroxyl groups is 1. The van der Waals surface area contributed by atoms with E-state index in [4.69, 9.17) is 11.5 Å². The summed E-state index contributed by atoms with van der Waals surface area (Å²) >= 11 is 0. The molecule has 0 saturated heterocycles. The molecule has 1 unspecified atom stereocenters. The maximum atomic E-state index is 9.32. The van der Waals surface area contributed by atoms with Gasteiger partial charge in [-0.25, -0.2) is 0 Å². The Morgan fingerprint density at radius 1 is 1.33 bits per heavy atom. The number of hydrogen-bond donors (Lipinski definition) is 3. The first-order valence-corrected chi connectivity index (χ1v) is 3.86. The van der Waals surface area contributed by atoms with E-state index in [9.17, 15) is 5.11 Å². The first-order chi connectivity index (χ1) is 5.52. The summed E-state index contributed by atoms with van der Waals surface area (Å²) in [5.74, 6) is 0. The summed E-state index contributed by atoms with van der Waals surface area (Å²) in [7, 11) is 0. The molecule has 12 heavy (non-hydrogen) atoms. The van der Waals surface area contributed by atoms with Crippen LogP contribution in [0.2, 0.25) is 0 Å². The minimum atomic E-state index is -0.563. The third-order valence-corrected chi connectivity index (χ3v) is 1.89. The standard InChI is InChI=1S/C9H14N2O/c1-5-3-7(10)4-8(6(2)12)9(5)11/h3-4,6,12H,10-11H2,1-2H3. The average Bonchev–Trinajstić information content (AvgIpc) is 1.96. The lowest BCUT2D eigenvalue weighted by Crippen LogP contribution is -2.02. The highest BCUT2D eigenvalue weighted by Crippen LogP contribution is 2.25. The van der Waals surface area contributed by atoms with Crippen molar-refractivity contribution in [2.45, 2.75) is 20.0 Å². The van der Waals surface area contributed by atoms with Crippen molar-refractivity contribution in [3.63, 3.8) is 0 Å². The van der Waals surface area contributed by atoms with Crippen molar-refractivity contribution in [1.82, 2.24) is 0 Å². The summed E-state index contributed by atoms with van der Waals surface area (Å²) in [6.07, 6.45) is -0.563. The summed E-state index contributed by atoms with van der Waals surface area (Å²) in [6, 6.07) is 3.49. The van der Waals surface area contributed by atoms with Gasteiger partial charge in [0.2, 0.25) is 0 Å². The van der Waals surface area contributed by atoms with Crippen LogP contribution in [0.5, 0.6) is 0 Å². The third-order valence-electron chi connectivity index (χ3n) is 1.89. The van der Waals surface area contributed by atoms with E-state index < -0.39 is 6.10 Å². The highest BCUT2D eigenvalue weighted by Gasteiger charge is 2.08. The smallest absolute Gasteiger partial charge is 0.0782 e. The second-order valence-electron chi connectivity index (χ2n) is 3.02. The van der Waals surface area contributed by atoms with Crippen molar-refractivity contribution >= 4 is 11.4 Å². The van der Waals surface area contributed by atoms with Gasteiger partial charge >= 0.3 is 0 Å². The van der Waals surface area contributed by atoms with Gasteiger partial charge in [0.25, 0.3) is 0 Å². The number of aryl methyl sites for hydroxylation is 1. The van der Waals surface area contributed by atoms with Crippen molar-refractivity contribution in [3.8, 4) is 0 Å². The first-order valence-electron chi connectivity index (χ1n) is 3.86. The van der Waals surface area contributed by atoms with E-state index in [1.165, 1.54) is 0 Å². The molecule has 66 valence electrons. The minimum absolute atomic E-state index is 0.563. The van der Waals surface area contributed by atoms with E-state index in [1.807, 2.05) is 6.92 Å². The monoisotopic (exact) mass is 166 g/mol. The van der Waals surface area contributed by atoms with Crippen molar-refractivity contribution in [2.75, 3.05) is 11.5 Å². The van der Waals surface area contributed by atoms with Gasteiger partial charge in [-0.2, -0.15) is 0 Å². The van der Waals surface area contributed by atoms with Crippen LogP contribution in [0.15, 0.2) is 12.1 Å². The minimum Gasteiger partial charge on any atom is -0.399 e. The van der Waals surface area contributed by atoms with Gasteiger partial charge in [0, 0.05) is 16.9 Å². The molecule has 0 aliphatic heterocycles. The molecule has 0 spiro atoms. The zero-order valence-electron chi connectivity index (χ0n) is 7.33. The SMILES string of the molecule is Cc1cc(N)cc(C(C)O)c1N. The Morgan fingerprint density at radius 2 is 1.92 bits per heavy atom. The lowest BCUT2D eigenvalue weighted by atomic mass is 10.0. The van der Waals surface area contributed by atoms with Gasteiger partial charge in [0.05, 0.1) is 6.10 Å². The number of benzene rings is 1. The van der Waals surface area contributed by atoms with Crippen molar-refractivity contribution in [3.05, 3.63) is 23.3 Å². The van der Waals surface area contributed by atoms with Gasteiger partial charge in [-0.1, -0.05) is 0 Å². The number of nitrogen functional groups attached to an aromatic ring is 2. The predicted molar refractivity (Wildman–Crippen MR) is 50.6 cm³/mol. The van der Waals surface area contributed by atoms with Gasteiger partial charge in [-0.15, -0.1) is 0 Å². The zero-order valence-corrected chi connectivity index (χ0v) is 7.33. The molecule has 0 bridgehead atoms. The van der Waals surface area contributed by atoms with Gasteiger partial charge in [-0.05, 0) is 31.5 Å². The molecule has 0 aromatic heterocycles. The molecule has 0 saturated carbocycles. The second-order valence-corrected chi connectivity index (χ2v) is 3.02. The fraction of sp³-hybridized carbons (Fsp3) is 0.333. The topological polar surface area (TPSA) is 72.3 Å². The molecule has 0 radical (unpaired) electrons. The highest BCUT2D eigenvalue weighted by atomic mass is 16.3. The van der Waals surface area contributed by atoms with Gasteiger partial charge in [0.15, 0.2) is 0 Å². The highest BCUT2D eigenvalue weighted by molar-refractivity contribution is 5.61. The van der Waals surface area contributed by atoms with E-state index in [1.54, 1.807) is 19.1 Å². The Labute approximate surface area is 72.0 Å². The summed E-state index contributed by atoms with van der Waals surface area (Å²) in [5.41, 5.74) is 14.2. The molecule has 0 fully saturated rings. The van der Waals surface area contributed by atoms with Gasteiger partial charge in [-0.3, -0.25) is 0 Å². The van der Waals surface area contributed by atoms with Crippen LogP contribution in [0.3, 0.4) is 0 Å². The number of nitrogens with two attached hydrogens (primary N) is 2. The van der Waals surface area contributed by atoms with Gasteiger partial charge in [0.1, 0.15) is 0 Å². The normalized spacial score (nSPS) is 12.9. The van der Waals surface area contributed by atoms with E-state index in [0.29, 0.717) is 16.9 Å². The molecule has 0 aliphatic rings. The molecule has 3 nitrogen and oxygen atoms in total. The fourth-order valence-electron chi connectivity index (χ4n) is 1.20. The van der Waals surface area contributed by atoms with Crippen molar-refractivity contribution < 1.29 is 5.11 Å². The van der Waals surface area contributed by atoms with Crippen LogP contribution in [0.25, 0.3) is 0 Å². The molecular weight excluding hydrogens is 152 g/mol. The van der Waals surface area contributed by atoms with Crippen LogP contribution in [0.4, 0.5) is 11.4 Å². The van der Waals surface area contributed by atoms with Crippen LogP contribution in [0, 0.1) is 6.92 Å². The van der Waals surface area contributed by atoms with E-state index in [0.717, 1.165) is 5.56 Å². The molecule has 1 aromatic rings. The maximum Gasteiger partial charge on any atom is 0.0782 e. The van der Waals surface area contributed by atoms with Crippen molar-refractivity contribution in [2.24, 2.45) is 0 Å². The molecule has 0 amide bonds. The fourth-order valence-corrected chi connectivity index (χ4v) is 1.20. The molecule has 0 heterocycles. The Hall–Kier alpha value is -1.22. The van der Waals surface area contributed by atoms with E-state index in [-0.39, 0.29) is 0 Å². The Morgan fingerprint density at radius 3 is 2.42 bits per heavy atom. The molecular formula is C9H14N2O. The number of anilines is 2. The first kappa shape index (κ1) is 8.87.